The van der Waals surface area contributed by atoms with Crippen LogP contribution in [0, 0.1) is 15.5 Å². The zero-order valence-corrected chi connectivity index (χ0v) is 11.7. The number of nitro groups is 1. The highest BCUT2D eigenvalue weighted by Gasteiger charge is 2.31. The molecule has 1 aliphatic carbocycles. The Morgan fingerprint density at radius 1 is 1.47 bits per heavy atom. The van der Waals surface area contributed by atoms with Gasteiger partial charge in [-0.05, 0) is 30.2 Å². The Labute approximate surface area is 114 Å². The number of rotatable bonds is 6. The predicted molar refractivity (Wildman–Crippen MR) is 76.1 cm³/mol. The molecule has 4 heteroatoms. The SMILES string of the molecule is CCC(NCC1(C)CCC1)c1cccc([N+](=O)[O-])c1. The molecular weight excluding hydrogens is 240 g/mol. The average Bonchev–Trinajstić information content (AvgIpc) is 2.37. The normalized spacial score (nSPS) is 18.6. The molecule has 1 fully saturated rings. The molecule has 1 atom stereocenters. The second-order valence-electron chi connectivity index (χ2n) is 5.86. The van der Waals surface area contributed by atoms with Crippen molar-refractivity contribution in [2.75, 3.05) is 6.54 Å². The zero-order chi connectivity index (χ0) is 13.9. The number of nitrogens with zero attached hydrogens (tertiary/aromatic N) is 1. The molecule has 1 saturated carbocycles. The number of non-ortho nitro benzene ring substituents is 1. The van der Waals surface area contributed by atoms with Crippen molar-refractivity contribution in [2.45, 2.75) is 45.6 Å². The van der Waals surface area contributed by atoms with E-state index in [0.717, 1.165) is 18.5 Å². The molecule has 0 spiro atoms. The highest BCUT2D eigenvalue weighted by molar-refractivity contribution is 5.35. The van der Waals surface area contributed by atoms with Gasteiger partial charge in [0, 0.05) is 24.7 Å². The van der Waals surface area contributed by atoms with Gasteiger partial charge in [0.05, 0.1) is 4.92 Å². The molecule has 2 rings (SSSR count). The van der Waals surface area contributed by atoms with Gasteiger partial charge in [-0.3, -0.25) is 10.1 Å². The molecule has 0 amide bonds. The molecule has 19 heavy (non-hydrogen) atoms. The molecule has 1 aromatic rings. The molecule has 0 saturated heterocycles. The van der Waals surface area contributed by atoms with Crippen LogP contribution in [-0.4, -0.2) is 11.5 Å². The Bertz CT molecular complexity index is 455. The lowest BCUT2D eigenvalue weighted by molar-refractivity contribution is -0.384. The molecule has 1 N–H and O–H groups in total. The van der Waals surface area contributed by atoms with Crippen molar-refractivity contribution in [1.29, 1.82) is 0 Å². The number of nitrogens with one attached hydrogen (secondary N) is 1. The van der Waals surface area contributed by atoms with Crippen LogP contribution in [-0.2, 0) is 0 Å². The maximum absolute atomic E-state index is 10.8. The smallest absolute Gasteiger partial charge is 0.269 e. The topological polar surface area (TPSA) is 55.2 Å². The monoisotopic (exact) mass is 262 g/mol. The van der Waals surface area contributed by atoms with Crippen LogP contribution >= 0.6 is 0 Å². The summed E-state index contributed by atoms with van der Waals surface area (Å²) in [7, 11) is 0. The van der Waals surface area contributed by atoms with Gasteiger partial charge in [0.2, 0.25) is 0 Å². The summed E-state index contributed by atoms with van der Waals surface area (Å²) in [5.74, 6) is 0. The van der Waals surface area contributed by atoms with Crippen molar-refractivity contribution in [2.24, 2.45) is 5.41 Å². The van der Waals surface area contributed by atoms with Crippen LogP contribution < -0.4 is 5.32 Å². The fraction of sp³-hybridized carbons (Fsp3) is 0.600. The summed E-state index contributed by atoms with van der Waals surface area (Å²) >= 11 is 0. The number of nitro benzene ring substituents is 1. The number of benzene rings is 1. The second kappa shape index (κ2) is 5.70. The zero-order valence-electron chi connectivity index (χ0n) is 11.7. The fourth-order valence-electron chi connectivity index (χ4n) is 2.68. The van der Waals surface area contributed by atoms with Gasteiger partial charge in [-0.2, -0.15) is 0 Å². The number of hydrogen-bond donors (Lipinski definition) is 1. The third-order valence-corrected chi connectivity index (χ3v) is 4.23. The van der Waals surface area contributed by atoms with E-state index in [0.29, 0.717) is 5.41 Å². The third-order valence-electron chi connectivity index (χ3n) is 4.23. The second-order valence-corrected chi connectivity index (χ2v) is 5.86. The van der Waals surface area contributed by atoms with Crippen LogP contribution in [0.15, 0.2) is 24.3 Å². The third kappa shape index (κ3) is 3.32. The van der Waals surface area contributed by atoms with Gasteiger partial charge >= 0.3 is 0 Å². The van der Waals surface area contributed by atoms with E-state index in [1.807, 2.05) is 6.07 Å². The van der Waals surface area contributed by atoms with Crippen LogP contribution in [0.5, 0.6) is 0 Å². The number of hydrogen-bond acceptors (Lipinski definition) is 3. The maximum Gasteiger partial charge on any atom is 0.269 e. The molecule has 4 nitrogen and oxygen atoms in total. The highest BCUT2D eigenvalue weighted by Crippen LogP contribution is 2.40. The molecule has 104 valence electrons. The van der Waals surface area contributed by atoms with Crippen molar-refractivity contribution in [3.05, 3.63) is 39.9 Å². The largest absolute Gasteiger partial charge is 0.309 e. The predicted octanol–water partition coefficient (Wildman–Crippen LogP) is 3.83. The van der Waals surface area contributed by atoms with Gasteiger partial charge < -0.3 is 5.32 Å². The van der Waals surface area contributed by atoms with E-state index in [-0.39, 0.29) is 16.7 Å². The van der Waals surface area contributed by atoms with Crippen molar-refractivity contribution < 1.29 is 4.92 Å². The molecular formula is C15H22N2O2. The van der Waals surface area contributed by atoms with Gasteiger partial charge in [0.1, 0.15) is 0 Å². The highest BCUT2D eigenvalue weighted by atomic mass is 16.6. The summed E-state index contributed by atoms with van der Waals surface area (Å²) < 4.78 is 0. The summed E-state index contributed by atoms with van der Waals surface area (Å²) in [6, 6.07) is 7.17. The molecule has 0 radical (unpaired) electrons. The summed E-state index contributed by atoms with van der Waals surface area (Å²) in [6.45, 7) is 5.41. The van der Waals surface area contributed by atoms with Crippen molar-refractivity contribution >= 4 is 5.69 Å². The van der Waals surface area contributed by atoms with E-state index in [9.17, 15) is 10.1 Å². The van der Waals surface area contributed by atoms with Gasteiger partial charge in [-0.25, -0.2) is 0 Å². The Morgan fingerprint density at radius 2 is 2.21 bits per heavy atom. The first-order valence-corrected chi connectivity index (χ1v) is 7.02. The molecule has 1 aromatic carbocycles. The fourth-order valence-corrected chi connectivity index (χ4v) is 2.68. The Balaban J connectivity index is 2.04. The maximum atomic E-state index is 10.8. The Morgan fingerprint density at radius 3 is 2.74 bits per heavy atom. The molecule has 0 heterocycles. The molecule has 1 aliphatic rings. The van der Waals surface area contributed by atoms with Crippen LogP contribution in [0.25, 0.3) is 0 Å². The molecule has 0 aromatic heterocycles. The van der Waals surface area contributed by atoms with E-state index >= 15 is 0 Å². The first-order chi connectivity index (χ1) is 9.04. The van der Waals surface area contributed by atoms with Crippen LogP contribution in [0.2, 0.25) is 0 Å². The van der Waals surface area contributed by atoms with Crippen LogP contribution in [0.4, 0.5) is 5.69 Å². The summed E-state index contributed by atoms with van der Waals surface area (Å²) in [4.78, 5) is 10.5. The first-order valence-electron chi connectivity index (χ1n) is 7.02. The minimum atomic E-state index is -0.330. The molecule has 1 unspecified atom stereocenters. The lowest BCUT2D eigenvalue weighted by Gasteiger charge is -2.39. The minimum absolute atomic E-state index is 0.174. The Hall–Kier alpha value is -1.42. The minimum Gasteiger partial charge on any atom is -0.309 e. The van der Waals surface area contributed by atoms with E-state index in [4.69, 9.17) is 0 Å². The Kier molecular flexibility index (Phi) is 4.20. The van der Waals surface area contributed by atoms with Crippen LogP contribution in [0.3, 0.4) is 0 Å². The van der Waals surface area contributed by atoms with Gasteiger partial charge in [0.25, 0.3) is 5.69 Å². The van der Waals surface area contributed by atoms with Crippen molar-refractivity contribution in [3.8, 4) is 0 Å². The quantitative estimate of drug-likeness (QED) is 0.626. The molecule has 0 aliphatic heterocycles. The lowest BCUT2D eigenvalue weighted by Crippen LogP contribution is -2.38. The van der Waals surface area contributed by atoms with Crippen LogP contribution in [0.1, 0.15) is 51.1 Å². The average molecular weight is 262 g/mol. The lowest BCUT2D eigenvalue weighted by atomic mass is 9.70. The van der Waals surface area contributed by atoms with Crippen molar-refractivity contribution in [3.63, 3.8) is 0 Å². The van der Waals surface area contributed by atoms with E-state index in [1.54, 1.807) is 18.2 Å². The van der Waals surface area contributed by atoms with Gasteiger partial charge in [-0.15, -0.1) is 0 Å². The molecule has 0 bridgehead atoms. The van der Waals surface area contributed by atoms with E-state index in [2.05, 4.69) is 19.2 Å². The van der Waals surface area contributed by atoms with Gasteiger partial charge in [0.15, 0.2) is 0 Å². The summed E-state index contributed by atoms with van der Waals surface area (Å²) in [6.07, 6.45) is 4.83. The van der Waals surface area contributed by atoms with Gasteiger partial charge in [-0.1, -0.05) is 32.4 Å². The standard InChI is InChI=1S/C15H22N2O2/c1-3-14(16-11-15(2)8-5-9-15)12-6-4-7-13(10-12)17(18)19/h4,6-7,10,14,16H,3,5,8-9,11H2,1-2H3. The first kappa shape index (κ1) is 14.0. The van der Waals surface area contributed by atoms with E-state index < -0.39 is 0 Å². The summed E-state index contributed by atoms with van der Waals surface area (Å²) in [5.41, 5.74) is 1.61. The van der Waals surface area contributed by atoms with Crippen molar-refractivity contribution in [1.82, 2.24) is 5.32 Å². The van der Waals surface area contributed by atoms with E-state index in [1.165, 1.54) is 19.3 Å². The summed E-state index contributed by atoms with van der Waals surface area (Å²) in [5, 5.41) is 14.4.